The van der Waals surface area contributed by atoms with Crippen LogP contribution in [0.5, 0.6) is 0 Å². The number of aromatic nitrogens is 2. The molecule has 1 N–H and O–H groups in total. The van der Waals surface area contributed by atoms with Crippen LogP contribution >= 0.6 is 11.8 Å². The van der Waals surface area contributed by atoms with Crippen LogP contribution in [0.1, 0.15) is 39.3 Å². The molecule has 1 atom stereocenters. The van der Waals surface area contributed by atoms with Gasteiger partial charge in [-0.2, -0.15) is 0 Å². The summed E-state index contributed by atoms with van der Waals surface area (Å²) in [5.74, 6) is -0.119. The van der Waals surface area contributed by atoms with E-state index in [-0.39, 0.29) is 17.5 Å². The molecule has 3 rings (SSSR count). The molecule has 3 aromatic rings. The van der Waals surface area contributed by atoms with Gasteiger partial charge < -0.3 is 5.32 Å². The second-order valence-electron chi connectivity index (χ2n) is 6.98. The van der Waals surface area contributed by atoms with Crippen LogP contribution in [0.15, 0.2) is 58.5 Å². The number of fused-ring (bicyclic) bond motifs is 1. The van der Waals surface area contributed by atoms with Gasteiger partial charge in [-0.25, -0.2) is 4.98 Å². The molecule has 0 saturated heterocycles. The first-order valence-corrected chi connectivity index (χ1v) is 10.4. The number of carbonyl (C=O) groups excluding carboxylic acids is 1. The third-order valence-corrected chi connectivity index (χ3v) is 5.64. The fourth-order valence-corrected chi connectivity index (χ4v) is 3.98. The number of benzene rings is 2. The largest absolute Gasteiger partial charge is 0.325 e. The Labute approximate surface area is 169 Å². The monoisotopic (exact) mass is 395 g/mol. The van der Waals surface area contributed by atoms with E-state index >= 15 is 0 Å². The molecule has 0 aliphatic carbocycles. The molecule has 0 aliphatic rings. The number of anilines is 1. The van der Waals surface area contributed by atoms with E-state index in [0.717, 1.165) is 12.1 Å². The Bertz CT molecular complexity index is 1040. The van der Waals surface area contributed by atoms with Crippen molar-refractivity contribution in [2.45, 2.75) is 50.6 Å². The van der Waals surface area contributed by atoms with Crippen LogP contribution in [0.3, 0.4) is 0 Å². The lowest BCUT2D eigenvalue weighted by molar-refractivity contribution is -0.115. The van der Waals surface area contributed by atoms with E-state index in [9.17, 15) is 9.59 Å². The highest BCUT2D eigenvalue weighted by atomic mass is 32.2. The molecule has 0 saturated carbocycles. The van der Waals surface area contributed by atoms with E-state index in [1.165, 1.54) is 17.3 Å². The van der Waals surface area contributed by atoms with Crippen molar-refractivity contribution in [3.05, 3.63) is 64.4 Å². The fourth-order valence-electron chi connectivity index (χ4n) is 2.94. The predicted octanol–water partition coefficient (Wildman–Crippen LogP) is 4.66. The highest BCUT2D eigenvalue weighted by molar-refractivity contribution is 8.00. The summed E-state index contributed by atoms with van der Waals surface area (Å²) in [6, 6.07) is 15.1. The van der Waals surface area contributed by atoms with Gasteiger partial charge >= 0.3 is 0 Å². The summed E-state index contributed by atoms with van der Waals surface area (Å²) >= 11 is 1.30. The van der Waals surface area contributed by atoms with Crippen molar-refractivity contribution in [3.8, 4) is 0 Å². The minimum absolute atomic E-state index is 0.0519. The van der Waals surface area contributed by atoms with Gasteiger partial charge in [0.05, 0.1) is 16.2 Å². The first-order chi connectivity index (χ1) is 13.4. The first kappa shape index (κ1) is 20.1. The van der Waals surface area contributed by atoms with Gasteiger partial charge in [0.15, 0.2) is 5.16 Å². The van der Waals surface area contributed by atoms with Gasteiger partial charge in [0.2, 0.25) is 5.91 Å². The summed E-state index contributed by atoms with van der Waals surface area (Å²) in [6.45, 7) is 7.81. The Morgan fingerprint density at radius 3 is 2.43 bits per heavy atom. The molecule has 0 unspecified atom stereocenters. The van der Waals surface area contributed by atoms with Crippen molar-refractivity contribution < 1.29 is 4.79 Å². The smallest absolute Gasteiger partial charge is 0.262 e. The molecule has 2 aromatic carbocycles. The Balaban J connectivity index is 1.85. The summed E-state index contributed by atoms with van der Waals surface area (Å²) in [5, 5.41) is 3.69. The molecule has 146 valence electrons. The number of amides is 1. The molecule has 1 heterocycles. The summed E-state index contributed by atoms with van der Waals surface area (Å²) < 4.78 is 1.66. The van der Waals surface area contributed by atoms with Crippen LogP contribution < -0.4 is 10.9 Å². The zero-order valence-electron chi connectivity index (χ0n) is 16.6. The summed E-state index contributed by atoms with van der Waals surface area (Å²) in [7, 11) is 0. The van der Waals surface area contributed by atoms with Gasteiger partial charge in [-0.3, -0.25) is 14.2 Å². The summed E-state index contributed by atoms with van der Waals surface area (Å²) in [5.41, 5.74) is 2.56. The SMILES string of the molecule is CCc1ccc(NC(=O)[C@H](C)Sc2nc3ccccc3c(=O)n2C(C)C)cc1. The molecule has 5 nitrogen and oxygen atoms in total. The Morgan fingerprint density at radius 1 is 1.11 bits per heavy atom. The second kappa shape index (κ2) is 8.61. The normalized spacial score (nSPS) is 12.3. The third kappa shape index (κ3) is 4.28. The molecule has 1 aromatic heterocycles. The summed E-state index contributed by atoms with van der Waals surface area (Å²) in [6.07, 6.45) is 0.959. The highest BCUT2D eigenvalue weighted by Crippen LogP contribution is 2.25. The lowest BCUT2D eigenvalue weighted by atomic mass is 10.1. The first-order valence-electron chi connectivity index (χ1n) is 9.48. The van der Waals surface area contributed by atoms with Gasteiger partial charge in [0.1, 0.15) is 0 Å². The van der Waals surface area contributed by atoms with Crippen molar-refractivity contribution in [1.82, 2.24) is 9.55 Å². The number of rotatable bonds is 6. The van der Waals surface area contributed by atoms with E-state index in [1.807, 2.05) is 63.2 Å². The minimum Gasteiger partial charge on any atom is -0.325 e. The van der Waals surface area contributed by atoms with Crippen LogP contribution in [0, 0.1) is 0 Å². The Kier molecular flexibility index (Phi) is 6.19. The molecule has 0 bridgehead atoms. The van der Waals surface area contributed by atoms with Crippen LogP contribution in [-0.2, 0) is 11.2 Å². The molecule has 0 aliphatic heterocycles. The van der Waals surface area contributed by atoms with Crippen molar-refractivity contribution >= 4 is 34.3 Å². The van der Waals surface area contributed by atoms with Crippen LogP contribution in [-0.4, -0.2) is 20.7 Å². The van der Waals surface area contributed by atoms with Crippen LogP contribution in [0.4, 0.5) is 5.69 Å². The van der Waals surface area contributed by atoms with Crippen molar-refractivity contribution in [2.75, 3.05) is 5.32 Å². The van der Waals surface area contributed by atoms with Gasteiger partial charge in [-0.1, -0.05) is 43.0 Å². The van der Waals surface area contributed by atoms with Gasteiger partial charge in [-0.05, 0) is 57.0 Å². The Hall–Kier alpha value is -2.60. The van der Waals surface area contributed by atoms with E-state index in [1.54, 1.807) is 10.6 Å². The molecular weight excluding hydrogens is 370 g/mol. The second-order valence-corrected chi connectivity index (χ2v) is 8.29. The van der Waals surface area contributed by atoms with E-state index in [0.29, 0.717) is 16.1 Å². The number of hydrogen-bond donors (Lipinski definition) is 1. The van der Waals surface area contributed by atoms with Crippen molar-refractivity contribution in [1.29, 1.82) is 0 Å². The number of hydrogen-bond acceptors (Lipinski definition) is 4. The number of aryl methyl sites for hydroxylation is 1. The number of nitrogens with zero attached hydrogens (tertiary/aromatic N) is 2. The van der Waals surface area contributed by atoms with E-state index < -0.39 is 5.25 Å². The average molecular weight is 396 g/mol. The number of nitrogens with one attached hydrogen (secondary N) is 1. The molecular formula is C22H25N3O2S. The predicted molar refractivity (Wildman–Crippen MR) is 116 cm³/mol. The molecule has 1 amide bonds. The maximum Gasteiger partial charge on any atom is 0.262 e. The lowest BCUT2D eigenvalue weighted by Gasteiger charge is -2.18. The van der Waals surface area contributed by atoms with Crippen LogP contribution in [0.25, 0.3) is 10.9 Å². The topological polar surface area (TPSA) is 64.0 Å². The average Bonchev–Trinajstić information content (AvgIpc) is 2.68. The molecule has 0 spiro atoms. The quantitative estimate of drug-likeness (QED) is 0.487. The lowest BCUT2D eigenvalue weighted by Crippen LogP contribution is -2.28. The zero-order valence-corrected chi connectivity index (χ0v) is 17.4. The van der Waals surface area contributed by atoms with E-state index in [2.05, 4.69) is 17.2 Å². The maximum atomic E-state index is 12.9. The minimum atomic E-state index is -0.399. The van der Waals surface area contributed by atoms with Gasteiger partial charge in [-0.15, -0.1) is 0 Å². The molecule has 0 radical (unpaired) electrons. The van der Waals surface area contributed by atoms with E-state index in [4.69, 9.17) is 0 Å². The van der Waals surface area contributed by atoms with Crippen molar-refractivity contribution in [2.24, 2.45) is 0 Å². The third-order valence-electron chi connectivity index (χ3n) is 4.57. The fraction of sp³-hybridized carbons (Fsp3) is 0.318. The summed E-state index contributed by atoms with van der Waals surface area (Å²) in [4.78, 5) is 30.2. The molecule has 28 heavy (non-hydrogen) atoms. The number of thioether (sulfide) groups is 1. The van der Waals surface area contributed by atoms with Gasteiger partial charge in [0, 0.05) is 11.7 Å². The standard InChI is InChI=1S/C22H25N3O2S/c1-5-16-10-12-17(13-11-16)23-20(26)15(4)28-22-24-19-9-7-6-8-18(19)21(27)25(22)14(2)3/h6-15H,5H2,1-4H3,(H,23,26)/t15-/m0/s1. The maximum absolute atomic E-state index is 12.9. The number of carbonyl (C=O) groups is 1. The highest BCUT2D eigenvalue weighted by Gasteiger charge is 2.20. The Morgan fingerprint density at radius 2 is 1.79 bits per heavy atom. The number of para-hydroxylation sites is 1. The molecule has 0 fully saturated rings. The van der Waals surface area contributed by atoms with Crippen LogP contribution in [0.2, 0.25) is 0 Å². The zero-order chi connectivity index (χ0) is 20.3. The van der Waals surface area contributed by atoms with Crippen molar-refractivity contribution in [3.63, 3.8) is 0 Å². The molecule has 6 heteroatoms. The van der Waals surface area contributed by atoms with Gasteiger partial charge in [0.25, 0.3) is 5.56 Å².